The highest BCUT2D eigenvalue weighted by atomic mass is 32.1. The van der Waals surface area contributed by atoms with Crippen molar-refractivity contribution in [2.75, 3.05) is 5.32 Å². The van der Waals surface area contributed by atoms with Crippen LogP contribution < -0.4 is 5.32 Å². The average molecular weight is 339 g/mol. The number of hydrogen-bond acceptors (Lipinski definition) is 3. The Balaban J connectivity index is 1.73. The Morgan fingerprint density at radius 1 is 1.17 bits per heavy atom. The van der Waals surface area contributed by atoms with Gasteiger partial charge in [-0.3, -0.25) is 4.79 Å². The molecule has 0 fully saturated rings. The molecule has 24 heavy (non-hydrogen) atoms. The maximum atomic E-state index is 12.2. The van der Waals surface area contributed by atoms with E-state index < -0.39 is 0 Å². The lowest BCUT2D eigenvalue weighted by Gasteiger charge is -2.19. The van der Waals surface area contributed by atoms with Gasteiger partial charge in [0.25, 0.3) is 5.91 Å². The smallest absolute Gasteiger partial charge is 0.257 e. The largest absolute Gasteiger partial charge is 0.307 e. The first kappa shape index (κ1) is 16.5. The van der Waals surface area contributed by atoms with E-state index in [1.54, 1.807) is 10.9 Å². The molecule has 1 amide bonds. The van der Waals surface area contributed by atoms with Gasteiger partial charge in [0.1, 0.15) is 5.82 Å². The van der Waals surface area contributed by atoms with Crippen molar-refractivity contribution in [2.45, 2.75) is 32.7 Å². The van der Waals surface area contributed by atoms with Crippen LogP contribution >= 0.6 is 11.3 Å². The van der Waals surface area contributed by atoms with Crippen molar-refractivity contribution in [1.82, 2.24) is 9.78 Å². The minimum absolute atomic E-state index is 0.110. The zero-order valence-electron chi connectivity index (χ0n) is 14.1. The molecule has 5 heteroatoms. The number of amides is 1. The Hall–Kier alpha value is -2.40. The van der Waals surface area contributed by atoms with E-state index in [1.165, 1.54) is 16.9 Å². The minimum atomic E-state index is -0.110. The predicted molar refractivity (Wildman–Crippen MR) is 98.7 cm³/mol. The quantitative estimate of drug-likeness (QED) is 0.758. The molecular weight excluding hydrogens is 318 g/mol. The number of anilines is 1. The molecule has 3 rings (SSSR count). The summed E-state index contributed by atoms with van der Waals surface area (Å²) in [5.41, 5.74) is 3.27. The first-order chi connectivity index (χ1) is 11.4. The van der Waals surface area contributed by atoms with E-state index >= 15 is 0 Å². The summed E-state index contributed by atoms with van der Waals surface area (Å²) in [6.07, 6.45) is 1.70. The topological polar surface area (TPSA) is 46.9 Å². The molecule has 0 unspecified atom stereocenters. The second-order valence-electron chi connectivity index (χ2n) is 6.79. The standard InChI is InChI=1S/C19H21N3OS/c1-19(2,3)16-6-4-14(5-7-16)12-22-17(8-10-20-22)21-18(23)15-9-11-24-13-15/h4-11,13H,12H2,1-3H3,(H,21,23). The van der Waals surface area contributed by atoms with Gasteiger partial charge in [-0.05, 0) is 28.0 Å². The van der Waals surface area contributed by atoms with Crippen molar-refractivity contribution in [3.63, 3.8) is 0 Å². The number of carbonyl (C=O) groups is 1. The molecule has 2 aromatic heterocycles. The molecule has 0 aliphatic rings. The first-order valence-corrected chi connectivity index (χ1v) is 8.82. The van der Waals surface area contributed by atoms with Crippen LogP contribution in [0.1, 0.15) is 42.3 Å². The second kappa shape index (κ2) is 6.61. The molecule has 0 spiro atoms. The highest BCUT2D eigenvalue weighted by Crippen LogP contribution is 2.22. The fourth-order valence-corrected chi connectivity index (χ4v) is 3.07. The van der Waals surface area contributed by atoms with Crippen LogP contribution in [0.5, 0.6) is 0 Å². The highest BCUT2D eigenvalue weighted by molar-refractivity contribution is 7.08. The van der Waals surface area contributed by atoms with E-state index in [1.807, 2.05) is 22.9 Å². The molecule has 1 aromatic carbocycles. The summed E-state index contributed by atoms with van der Waals surface area (Å²) in [6.45, 7) is 7.23. The maximum Gasteiger partial charge on any atom is 0.257 e. The first-order valence-electron chi connectivity index (χ1n) is 7.88. The Bertz CT molecular complexity index is 811. The molecular formula is C19H21N3OS. The van der Waals surface area contributed by atoms with Crippen LogP contribution in [0.25, 0.3) is 0 Å². The molecule has 0 radical (unpaired) electrons. The van der Waals surface area contributed by atoms with E-state index in [-0.39, 0.29) is 11.3 Å². The normalized spacial score (nSPS) is 11.5. The Morgan fingerprint density at radius 3 is 2.54 bits per heavy atom. The third-order valence-electron chi connectivity index (χ3n) is 3.89. The number of nitrogens with zero attached hydrogens (tertiary/aromatic N) is 2. The molecule has 4 nitrogen and oxygen atoms in total. The fourth-order valence-electron chi connectivity index (χ4n) is 2.43. The molecule has 0 atom stereocenters. The van der Waals surface area contributed by atoms with Crippen molar-refractivity contribution < 1.29 is 4.79 Å². The molecule has 0 aliphatic carbocycles. The molecule has 1 N–H and O–H groups in total. The number of rotatable bonds is 4. The van der Waals surface area contributed by atoms with Gasteiger partial charge in [-0.1, -0.05) is 45.0 Å². The van der Waals surface area contributed by atoms with Gasteiger partial charge < -0.3 is 5.32 Å². The number of thiophene rings is 1. The summed E-state index contributed by atoms with van der Waals surface area (Å²) in [5, 5.41) is 11.0. The summed E-state index contributed by atoms with van der Waals surface area (Å²) in [7, 11) is 0. The van der Waals surface area contributed by atoms with E-state index in [4.69, 9.17) is 0 Å². The zero-order chi connectivity index (χ0) is 17.2. The maximum absolute atomic E-state index is 12.2. The van der Waals surface area contributed by atoms with Crippen LogP contribution in [0.15, 0.2) is 53.4 Å². The van der Waals surface area contributed by atoms with Crippen molar-refractivity contribution in [3.8, 4) is 0 Å². The average Bonchev–Trinajstić information content (AvgIpc) is 3.19. The van der Waals surface area contributed by atoms with Gasteiger partial charge >= 0.3 is 0 Å². The van der Waals surface area contributed by atoms with Crippen LogP contribution in [0.2, 0.25) is 0 Å². The molecule has 0 aliphatic heterocycles. The number of carbonyl (C=O) groups excluding carboxylic acids is 1. The molecule has 0 bridgehead atoms. The van der Waals surface area contributed by atoms with Crippen LogP contribution in [0.3, 0.4) is 0 Å². The lowest BCUT2D eigenvalue weighted by molar-refractivity contribution is 0.102. The molecule has 124 valence electrons. The van der Waals surface area contributed by atoms with E-state index in [0.717, 1.165) is 5.56 Å². The summed E-state index contributed by atoms with van der Waals surface area (Å²) in [5.74, 6) is 0.590. The van der Waals surface area contributed by atoms with Gasteiger partial charge in [0.2, 0.25) is 0 Å². The lowest BCUT2D eigenvalue weighted by Crippen LogP contribution is -2.15. The van der Waals surface area contributed by atoms with Gasteiger partial charge in [-0.2, -0.15) is 16.4 Å². The second-order valence-corrected chi connectivity index (χ2v) is 7.57. The summed E-state index contributed by atoms with van der Waals surface area (Å²) in [6, 6.07) is 12.2. The zero-order valence-corrected chi connectivity index (χ0v) is 14.9. The predicted octanol–water partition coefficient (Wildman–Crippen LogP) is 4.54. The third kappa shape index (κ3) is 3.74. The van der Waals surface area contributed by atoms with Crippen molar-refractivity contribution in [2.24, 2.45) is 0 Å². The van der Waals surface area contributed by atoms with Crippen molar-refractivity contribution >= 4 is 23.1 Å². The summed E-state index contributed by atoms with van der Waals surface area (Å²) < 4.78 is 1.80. The number of hydrogen-bond donors (Lipinski definition) is 1. The van der Waals surface area contributed by atoms with Crippen molar-refractivity contribution in [3.05, 3.63) is 70.0 Å². The fraction of sp³-hybridized carbons (Fsp3) is 0.263. The van der Waals surface area contributed by atoms with Gasteiger partial charge in [0.05, 0.1) is 18.3 Å². The van der Waals surface area contributed by atoms with E-state index in [9.17, 15) is 4.79 Å². The van der Waals surface area contributed by atoms with Crippen LogP contribution in [-0.2, 0) is 12.0 Å². The third-order valence-corrected chi connectivity index (χ3v) is 4.58. The van der Waals surface area contributed by atoms with Gasteiger partial charge in [-0.15, -0.1) is 0 Å². The minimum Gasteiger partial charge on any atom is -0.307 e. The number of aromatic nitrogens is 2. The van der Waals surface area contributed by atoms with Crippen molar-refractivity contribution in [1.29, 1.82) is 0 Å². The molecule has 3 aromatic rings. The van der Waals surface area contributed by atoms with Crippen LogP contribution in [0, 0.1) is 0 Å². The highest BCUT2D eigenvalue weighted by Gasteiger charge is 2.14. The summed E-state index contributed by atoms with van der Waals surface area (Å²) in [4.78, 5) is 12.2. The van der Waals surface area contributed by atoms with E-state index in [2.05, 4.69) is 55.5 Å². The Morgan fingerprint density at radius 2 is 1.92 bits per heavy atom. The summed E-state index contributed by atoms with van der Waals surface area (Å²) >= 11 is 1.51. The molecule has 2 heterocycles. The Kier molecular flexibility index (Phi) is 4.53. The van der Waals surface area contributed by atoms with Crippen LogP contribution in [0.4, 0.5) is 5.82 Å². The molecule has 0 saturated carbocycles. The van der Waals surface area contributed by atoms with E-state index in [0.29, 0.717) is 17.9 Å². The monoisotopic (exact) mass is 339 g/mol. The van der Waals surface area contributed by atoms with Gasteiger partial charge in [0, 0.05) is 11.4 Å². The number of benzene rings is 1. The van der Waals surface area contributed by atoms with Gasteiger partial charge in [0.15, 0.2) is 0 Å². The van der Waals surface area contributed by atoms with Gasteiger partial charge in [-0.25, -0.2) is 4.68 Å². The SMILES string of the molecule is CC(C)(C)c1ccc(Cn2nccc2NC(=O)c2ccsc2)cc1. The Labute approximate surface area is 146 Å². The lowest BCUT2D eigenvalue weighted by atomic mass is 9.87. The number of nitrogens with one attached hydrogen (secondary N) is 1. The van der Waals surface area contributed by atoms with Crippen LogP contribution in [-0.4, -0.2) is 15.7 Å². The molecule has 0 saturated heterocycles.